The van der Waals surface area contributed by atoms with Crippen LogP contribution in [-0.2, 0) is 4.79 Å². The average molecular weight is 476 g/mol. The predicted molar refractivity (Wildman–Crippen MR) is 112 cm³/mol. The van der Waals surface area contributed by atoms with E-state index in [4.69, 9.17) is 4.74 Å². The minimum absolute atomic E-state index is 0.0998. The molecule has 0 radical (unpaired) electrons. The fourth-order valence-corrected chi connectivity index (χ4v) is 5.17. The summed E-state index contributed by atoms with van der Waals surface area (Å²) in [7, 11) is 1.55. The zero-order valence-electron chi connectivity index (χ0n) is 15.2. The number of hydrogen-bond acceptors (Lipinski definition) is 4. The van der Waals surface area contributed by atoms with Gasteiger partial charge in [0.05, 0.1) is 12.8 Å². The highest BCUT2D eigenvalue weighted by molar-refractivity contribution is 9.10. The van der Waals surface area contributed by atoms with E-state index in [0.29, 0.717) is 22.6 Å². The zero-order valence-corrected chi connectivity index (χ0v) is 17.6. The van der Waals surface area contributed by atoms with Crippen LogP contribution >= 0.6 is 27.3 Å². The van der Waals surface area contributed by atoms with Crippen LogP contribution in [0.3, 0.4) is 0 Å². The third-order valence-electron chi connectivity index (χ3n) is 4.80. The maximum atomic E-state index is 13.4. The molecular formula is C21H15BrFNO4S. The van der Waals surface area contributed by atoms with Crippen molar-refractivity contribution in [2.45, 2.75) is 12.3 Å². The van der Waals surface area contributed by atoms with E-state index in [9.17, 15) is 19.1 Å². The Balaban J connectivity index is 1.96. The molecule has 1 amide bonds. The van der Waals surface area contributed by atoms with Crippen molar-refractivity contribution in [2.24, 2.45) is 0 Å². The number of aromatic carboxylic acids is 1. The van der Waals surface area contributed by atoms with E-state index in [2.05, 4.69) is 21.2 Å². The third-order valence-corrected chi connectivity index (χ3v) is 6.58. The third kappa shape index (κ3) is 3.54. The van der Waals surface area contributed by atoms with Gasteiger partial charge in [-0.2, -0.15) is 0 Å². The summed E-state index contributed by atoms with van der Waals surface area (Å²) in [6.45, 7) is 0. The summed E-state index contributed by atoms with van der Waals surface area (Å²) < 4.78 is 19.7. The molecule has 0 aliphatic carbocycles. The standard InChI is InChI=1S/C21H15BrFNO4S/c1-28-15-7-4-11(22)8-13(15)14-9-16(25)24-18-17(10-2-5-12(23)6-3-10)20(21(26)27)29-19(14)18/h2-8,14H,9H2,1H3,(H,24,25)(H,26,27)/t14-/m1/s1. The molecule has 3 aromatic rings. The maximum Gasteiger partial charge on any atom is 0.346 e. The lowest BCUT2D eigenvalue weighted by Gasteiger charge is -2.25. The molecule has 148 valence electrons. The van der Waals surface area contributed by atoms with Crippen molar-refractivity contribution in [3.63, 3.8) is 0 Å². The molecule has 1 aliphatic heterocycles. The minimum Gasteiger partial charge on any atom is -0.496 e. The number of hydrogen-bond donors (Lipinski definition) is 2. The molecule has 4 rings (SSSR count). The van der Waals surface area contributed by atoms with Gasteiger partial charge in [0, 0.05) is 32.8 Å². The second kappa shape index (κ2) is 7.61. The Morgan fingerprint density at radius 3 is 2.66 bits per heavy atom. The quantitative estimate of drug-likeness (QED) is 0.522. The molecule has 0 spiro atoms. The van der Waals surface area contributed by atoms with Crippen LogP contribution in [0.1, 0.15) is 32.5 Å². The number of carboxylic acids is 1. The van der Waals surface area contributed by atoms with Gasteiger partial charge in [-0.1, -0.05) is 28.1 Å². The normalized spacial score (nSPS) is 15.6. The summed E-state index contributed by atoms with van der Waals surface area (Å²) in [5, 5.41) is 12.6. The van der Waals surface area contributed by atoms with Crippen LogP contribution in [0.4, 0.5) is 10.1 Å². The second-order valence-electron chi connectivity index (χ2n) is 6.55. The number of thiophene rings is 1. The number of ether oxygens (including phenoxy) is 1. The number of benzene rings is 2. The summed E-state index contributed by atoms with van der Waals surface area (Å²) in [6.07, 6.45) is 0.169. The molecule has 1 aliphatic rings. The monoisotopic (exact) mass is 475 g/mol. The number of methoxy groups -OCH3 is 1. The predicted octanol–water partition coefficient (Wildman–Crippen LogP) is 5.50. The van der Waals surface area contributed by atoms with Crippen molar-refractivity contribution in [1.82, 2.24) is 0 Å². The van der Waals surface area contributed by atoms with E-state index in [1.807, 2.05) is 12.1 Å². The number of carboxylic acid groups (broad SMARTS) is 1. The number of nitrogens with one attached hydrogen (secondary N) is 1. The molecule has 0 unspecified atom stereocenters. The van der Waals surface area contributed by atoms with Gasteiger partial charge < -0.3 is 15.2 Å². The van der Waals surface area contributed by atoms with Gasteiger partial charge in [-0.05, 0) is 35.9 Å². The number of carbonyl (C=O) groups is 2. The van der Waals surface area contributed by atoms with Crippen LogP contribution in [0.25, 0.3) is 11.1 Å². The summed E-state index contributed by atoms with van der Waals surface area (Å²) in [6, 6.07) is 11.1. The van der Waals surface area contributed by atoms with E-state index in [1.165, 1.54) is 24.3 Å². The van der Waals surface area contributed by atoms with Gasteiger partial charge in [-0.3, -0.25) is 4.79 Å². The Bertz CT molecular complexity index is 1130. The van der Waals surface area contributed by atoms with E-state index >= 15 is 0 Å². The van der Waals surface area contributed by atoms with Gasteiger partial charge in [0.15, 0.2) is 0 Å². The van der Waals surface area contributed by atoms with Crippen molar-refractivity contribution in [3.8, 4) is 16.9 Å². The molecule has 0 saturated heterocycles. The SMILES string of the molecule is COc1ccc(Br)cc1[C@H]1CC(=O)Nc2c1sc(C(=O)O)c2-c1ccc(F)cc1. The number of rotatable bonds is 4. The van der Waals surface area contributed by atoms with Crippen molar-refractivity contribution in [2.75, 3.05) is 12.4 Å². The molecule has 2 aromatic carbocycles. The first kappa shape index (κ1) is 19.6. The lowest BCUT2D eigenvalue weighted by atomic mass is 9.88. The number of anilines is 1. The molecule has 8 heteroatoms. The minimum atomic E-state index is -1.10. The topological polar surface area (TPSA) is 75.6 Å². The van der Waals surface area contributed by atoms with Crippen LogP contribution in [0.2, 0.25) is 0 Å². The molecule has 29 heavy (non-hydrogen) atoms. The van der Waals surface area contributed by atoms with Gasteiger partial charge in [-0.25, -0.2) is 9.18 Å². The second-order valence-corrected chi connectivity index (χ2v) is 8.52. The molecule has 2 N–H and O–H groups in total. The average Bonchev–Trinajstić information content (AvgIpc) is 3.07. The maximum absolute atomic E-state index is 13.4. The summed E-state index contributed by atoms with van der Waals surface area (Å²) in [4.78, 5) is 25.4. The lowest BCUT2D eigenvalue weighted by Crippen LogP contribution is -2.22. The first-order valence-electron chi connectivity index (χ1n) is 8.68. The molecular weight excluding hydrogens is 461 g/mol. The Hall–Kier alpha value is -2.71. The summed E-state index contributed by atoms with van der Waals surface area (Å²) >= 11 is 4.57. The van der Waals surface area contributed by atoms with Gasteiger partial charge >= 0.3 is 5.97 Å². The number of carbonyl (C=O) groups excluding carboxylic acids is 1. The molecule has 0 bridgehead atoms. The fraction of sp³-hybridized carbons (Fsp3) is 0.143. The van der Waals surface area contributed by atoms with E-state index in [0.717, 1.165) is 26.3 Å². The largest absolute Gasteiger partial charge is 0.496 e. The van der Waals surface area contributed by atoms with Crippen molar-refractivity contribution in [3.05, 3.63) is 68.1 Å². The van der Waals surface area contributed by atoms with Crippen LogP contribution in [0.15, 0.2) is 46.9 Å². The molecule has 1 aromatic heterocycles. The molecule has 5 nitrogen and oxygen atoms in total. The van der Waals surface area contributed by atoms with Gasteiger partial charge in [0.25, 0.3) is 0 Å². The summed E-state index contributed by atoms with van der Waals surface area (Å²) in [5.41, 5.74) is 2.18. The fourth-order valence-electron chi connectivity index (χ4n) is 3.56. The summed E-state index contributed by atoms with van der Waals surface area (Å²) in [5.74, 6) is -1.48. The van der Waals surface area contributed by atoms with E-state index in [1.54, 1.807) is 13.2 Å². The molecule has 2 heterocycles. The highest BCUT2D eigenvalue weighted by atomic mass is 79.9. The Morgan fingerprint density at radius 2 is 2.00 bits per heavy atom. The first-order chi connectivity index (χ1) is 13.9. The van der Waals surface area contributed by atoms with Gasteiger partial charge in [0.1, 0.15) is 16.4 Å². The van der Waals surface area contributed by atoms with E-state index in [-0.39, 0.29) is 23.1 Å². The Labute approximate surface area is 178 Å². The van der Waals surface area contributed by atoms with Crippen LogP contribution in [0.5, 0.6) is 5.75 Å². The molecule has 1 atom stereocenters. The molecule has 0 saturated carbocycles. The van der Waals surface area contributed by atoms with Crippen molar-refractivity contribution in [1.29, 1.82) is 0 Å². The molecule has 0 fully saturated rings. The van der Waals surface area contributed by atoms with Crippen LogP contribution in [-0.4, -0.2) is 24.1 Å². The van der Waals surface area contributed by atoms with Gasteiger partial charge in [0.2, 0.25) is 5.91 Å². The van der Waals surface area contributed by atoms with Crippen LogP contribution in [0, 0.1) is 5.82 Å². The number of fused-ring (bicyclic) bond motifs is 1. The van der Waals surface area contributed by atoms with E-state index < -0.39 is 11.8 Å². The van der Waals surface area contributed by atoms with Crippen molar-refractivity contribution < 1.29 is 23.8 Å². The van der Waals surface area contributed by atoms with Crippen molar-refractivity contribution >= 4 is 44.8 Å². The smallest absolute Gasteiger partial charge is 0.346 e. The lowest BCUT2D eigenvalue weighted by molar-refractivity contribution is -0.116. The number of amides is 1. The van der Waals surface area contributed by atoms with Gasteiger partial charge in [-0.15, -0.1) is 11.3 Å². The highest BCUT2D eigenvalue weighted by Crippen LogP contribution is 2.51. The zero-order chi connectivity index (χ0) is 20.7. The Kier molecular flexibility index (Phi) is 5.14. The Morgan fingerprint density at radius 1 is 1.28 bits per heavy atom. The number of halogens is 2. The first-order valence-corrected chi connectivity index (χ1v) is 10.3. The highest BCUT2D eigenvalue weighted by Gasteiger charge is 2.35. The van der Waals surface area contributed by atoms with Crippen LogP contribution < -0.4 is 10.1 Å².